The molecule has 4 nitrogen and oxygen atoms in total. The third kappa shape index (κ3) is 7.12. The van der Waals surface area contributed by atoms with Gasteiger partial charge in [0.15, 0.2) is 0 Å². The Morgan fingerprint density at radius 1 is 1.20 bits per heavy atom. The SMILES string of the molecule is COCCc1ccc(OCC(C)(C)CS(=O)(=O)Cl)cc1. The van der Waals surface area contributed by atoms with Crippen molar-refractivity contribution in [2.24, 2.45) is 5.41 Å². The van der Waals surface area contributed by atoms with Crippen LogP contribution in [-0.4, -0.2) is 34.5 Å². The molecule has 0 amide bonds. The van der Waals surface area contributed by atoms with Crippen molar-refractivity contribution in [3.8, 4) is 5.75 Å². The van der Waals surface area contributed by atoms with Gasteiger partial charge in [-0.2, -0.15) is 0 Å². The maximum atomic E-state index is 11.1. The van der Waals surface area contributed by atoms with Gasteiger partial charge in [-0.1, -0.05) is 26.0 Å². The molecule has 0 N–H and O–H groups in total. The maximum Gasteiger partial charge on any atom is 0.233 e. The van der Waals surface area contributed by atoms with Crippen molar-refractivity contribution in [1.82, 2.24) is 0 Å². The molecule has 0 atom stereocenters. The topological polar surface area (TPSA) is 52.6 Å². The van der Waals surface area contributed by atoms with E-state index in [1.54, 1.807) is 21.0 Å². The molecule has 1 aromatic rings. The van der Waals surface area contributed by atoms with E-state index in [2.05, 4.69) is 0 Å². The second kappa shape index (κ2) is 7.29. The Morgan fingerprint density at radius 2 is 1.80 bits per heavy atom. The van der Waals surface area contributed by atoms with E-state index in [-0.39, 0.29) is 12.4 Å². The highest BCUT2D eigenvalue weighted by Crippen LogP contribution is 2.22. The predicted molar refractivity (Wildman–Crippen MR) is 80.9 cm³/mol. The van der Waals surface area contributed by atoms with Crippen molar-refractivity contribution < 1.29 is 17.9 Å². The standard InChI is InChI=1S/C14H21ClO4S/c1-14(2,11-20(15,16)17)10-19-13-6-4-12(5-7-13)8-9-18-3/h4-7H,8-11H2,1-3H3. The maximum absolute atomic E-state index is 11.1. The average Bonchev–Trinajstić information content (AvgIpc) is 2.32. The molecule has 0 fully saturated rings. The molecule has 0 spiro atoms. The number of hydrogen-bond donors (Lipinski definition) is 0. The van der Waals surface area contributed by atoms with Crippen LogP contribution in [0, 0.1) is 5.41 Å². The van der Waals surface area contributed by atoms with Gasteiger partial charge in [0.05, 0.1) is 19.0 Å². The number of benzene rings is 1. The molecule has 114 valence electrons. The fourth-order valence-corrected chi connectivity index (χ4v) is 3.66. The molecule has 1 aromatic carbocycles. The van der Waals surface area contributed by atoms with E-state index in [0.29, 0.717) is 12.4 Å². The van der Waals surface area contributed by atoms with Crippen LogP contribution in [0.3, 0.4) is 0 Å². The minimum atomic E-state index is -3.52. The summed E-state index contributed by atoms with van der Waals surface area (Å²) in [6, 6.07) is 7.69. The molecule has 0 aromatic heterocycles. The molecule has 0 unspecified atom stereocenters. The molecule has 0 aliphatic carbocycles. The molecule has 0 aliphatic rings. The number of halogens is 1. The lowest BCUT2D eigenvalue weighted by molar-refractivity contribution is 0.199. The number of ether oxygens (including phenoxy) is 2. The second-order valence-electron chi connectivity index (χ2n) is 5.52. The molecule has 0 bridgehead atoms. The Hall–Kier alpha value is -0.780. The average molecular weight is 321 g/mol. The Bertz CT molecular complexity index is 508. The highest BCUT2D eigenvalue weighted by Gasteiger charge is 2.25. The Labute approximate surface area is 125 Å². The lowest BCUT2D eigenvalue weighted by Gasteiger charge is -2.23. The highest BCUT2D eigenvalue weighted by atomic mass is 35.7. The number of hydrogen-bond acceptors (Lipinski definition) is 4. The van der Waals surface area contributed by atoms with Crippen molar-refractivity contribution in [3.63, 3.8) is 0 Å². The fraction of sp³-hybridized carbons (Fsp3) is 0.571. The summed E-state index contributed by atoms with van der Waals surface area (Å²) in [6.07, 6.45) is 0.854. The smallest absolute Gasteiger partial charge is 0.233 e. The van der Waals surface area contributed by atoms with Gasteiger partial charge in [-0.05, 0) is 24.1 Å². The van der Waals surface area contributed by atoms with E-state index in [0.717, 1.165) is 6.42 Å². The van der Waals surface area contributed by atoms with Gasteiger partial charge in [-0.25, -0.2) is 8.42 Å². The van der Waals surface area contributed by atoms with Crippen LogP contribution in [0.1, 0.15) is 19.4 Å². The Balaban J connectivity index is 2.53. The van der Waals surface area contributed by atoms with Gasteiger partial charge in [-0.15, -0.1) is 0 Å². The van der Waals surface area contributed by atoms with Crippen LogP contribution in [0.15, 0.2) is 24.3 Å². The summed E-state index contributed by atoms with van der Waals surface area (Å²) < 4.78 is 32.8. The van der Waals surface area contributed by atoms with E-state index in [1.807, 2.05) is 24.3 Å². The summed E-state index contributed by atoms with van der Waals surface area (Å²) >= 11 is 0. The minimum Gasteiger partial charge on any atom is -0.493 e. The van der Waals surface area contributed by atoms with Crippen LogP contribution in [0.4, 0.5) is 0 Å². The van der Waals surface area contributed by atoms with Crippen LogP contribution in [0.2, 0.25) is 0 Å². The molecule has 0 aliphatic heterocycles. The molecular weight excluding hydrogens is 300 g/mol. The van der Waals surface area contributed by atoms with Crippen LogP contribution in [-0.2, 0) is 20.2 Å². The highest BCUT2D eigenvalue weighted by molar-refractivity contribution is 8.13. The van der Waals surface area contributed by atoms with Gasteiger partial charge in [0.1, 0.15) is 5.75 Å². The van der Waals surface area contributed by atoms with Gasteiger partial charge in [-0.3, -0.25) is 0 Å². The normalized spacial score (nSPS) is 12.4. The van der Waals surface area contributed by atoms with Crippen LogP contribution in [0.5, 0.6) is 5.75 Å². The first-order valence-corrected chi connectivity index (χ1v) is 8.83. The summed E-state index contributed by atoms with van der Waals surface area (Å²) in [5.41, 5.74) is 0.636. The third-order valence-corrected chi connectivity index (χ3v) is 4.16. The monoisotopic (exact) mass is 320 g/mol. The quantitative estimate of drug-likeness (QED) is 0.691. The first-order valence-electron chi connectivity index (χ1n) is 6.35. The van der Waals surface area contributed by atoms with Crippen molar-refractivity contribution >= 4 is 19.7 Å². The van der Waals surface area contributed by atoms with Crippen molar-refractivity contribution in [2.45, 2.75) is 20.3 Å². The molecule has 6 heteroatoms. The summed E-state index contributed by atoms with van der Waals surface area (Å²) in [5.74, 6) is 0.597. The van der Waals surface area contributed by atoms with Crippen LogP contribution in [0.25, 0.3) is 0 Å². The van der Waals surface area contributed by atoms with Gasteiger partial charge in [0, 0.05) is 23.2 Å². The summed E-state index contributed by atoms with van der Waals surface area (Å²) in [6.45, 7) is 4.58. The first-order chi connectivity index (χ1) is 9.22. The third-order valence-electron chi connectivity index (χ3n) is 2.71. The van der Waals surface area contributed by atoms with Crippen LogP contribution >= 0.6 is 10.7 Å². The number of rotatable bonds is 8. The van der Waals surface area contributed by atoms with Crippen LogP contribution < -0.4 is 4.74 Å². The van der Waals surface area contributed by atoms with Gasteiger partial charge in [0.25, 0.3) is 0 Å². The lowest BCUT2D eigenvalue weighted by atomic mass is 9.98. The van der Waals surface area contributed by atoms with E-state index in [1.165, 1.54) is 5.56 Å². The molecular formula is C14H21ClO4S. The minimum absolute atomic E-state index is 0.118. The molecule has 20 heavy (non-hydrogen) atoms. The molecule has 0 radical (unpaired) electrons. The van der Waals surface area contributed by atoms with Gasteiger partial charge >= 0.3 is 0 Å². The largest absolute Gasteiger partial charge is 0.493 e. The molecule has 1 rings (SSSR count). The Kier molecular flexibility index (Phi) is 6.30. The zero-order valence-corrected chi connectivity index (χ0v) is 13.6. The Morgan fingerprint density at radius 3 is 2.30 bits per heavy atom. The molecule has 0 saturated heterocycles. The van der Waals surface area contributed by atoms with Crippen molar-refractivity contribution in [1.29, 1.82) is 0 Å². The summed E-state index contributed by atoms with van der Waals surface area (Å²) in [5, 5.41) is 0. The predicted octanol–water partition coefficient (Wildman–Crippen LogP) is 2.85. The fourth-order valence-electron chi connectivity index (χ4n) is 1.76. The lowest BCUT2D eigenvalue weighted by Crippen LogP contribution is -2.28. The van der Waals surface area contributed by atoms with Crippen molar-refractivity contribution in [2.75, 3.05) is 26.1 Å². The molecule has 0 saturated carbocycles. The summed E-state index contributed by atoms with van der Waals surface area (Å²) in [4.78, 5) is 0. The zero-order chi connectivity index (χ0) is 15.2. The van der Waals surface area contributed by atoms with Crippen molar-refractivity contribution in [3.05, 3.63) is 29.8 Å². The first kappa shape index (κ1) is 17.3. The summed E-state index contributed by atoms with van der Waals surface area (Å²) in [7, 11) is 3.42. The number of methoxy groups -OCH3 is 1. The van der Waals surface area contributed by atoms with E-state index >= 15 is 0 Å². The zero-order valence-electron chi connectivity index (χ0n) is 12.1. The van der Waals surface area contributed by atoms with E-state index < -0.39 is 14.5 Å². The van der Waals surface area contributed by atoms with Gasteiger partial charge in [0.2, 0.25) is 9.05 Å². The van der Waals surface area contributed by atoms with Gasteiger partial charge < -0.3 is 9.47 Å². The molecule has 0 heterocycles. The van der Waals surface area contributed by atoms with E-state index in [4.69, 9.17) is 20.2 Å². The second-order valence-corrected chi connectivity index (χ2v) is 8.30. The van der Waals surface area contributed by atoms with E-state index in [9.17, 15) is 8.42 Å².